The zero-order chi connectivity index (χ0) is 21.8. The highest BCUT2D eigenvalue weighted by Crippen LogP contribution is 2.24. The molecule has 154 valence electrons. The Morgan fingerprint density at radius 1 is 0.903 bits per heavy atom. The first kappa shape index (κ1) is 20.2. The van der Waals surface area contributed by atoms with Crippen LogP contribution >= 0.6 is 0 Å². The van der Waals surface area contributed by atoms with Crippen molar-refractivity contribution in [3.63, 3.8) is 0 Å². The van der Waals surface area contributed by atoms with Crippen molar-refractivity contribution in [3.8, 4) is 17.1 Å². The van der Waals surface area contributed by atoms with Gasteiger partial charge in [0.15, 0.2) is 18.2 Å². The molecular formula is C25H21N3O3. The molecule has 0 fully saturated rings. The smallest absolute Gasteiger partial charge is 0.378 e. The maximum atomic E-state index is 12.6. The molecule has 0 radical (unpaired) electrons. The van der Waals surface area contributed by atoms with E-state index in [0.29, 0.717) is 11.4 Å². The van der Waals surface area contributed by atoms with Crippen LogP contribution in [0.15, 0.2) is 78.9 Å². The van der Waals surface area contributed by atoms with Crippen molar-refractivity contribution < 1.29 is 14.3 Å². The second kappa shape index (κ2) is 8.75. The minimum Gasteiger partial charge on any atom is -0.451 e. The van der Waals surface area contributed by atoms with Crippen LogP contribution in [0.1, 0.15) is 32.1 Å². The van der Waals surface area contributed by atoms with E-state index in [0.717, 1.165) is 22.4 Å². The molecule has 0 saturated heterocycles. The monoisotopic (exact) mass is 411 g/mol. The number of hydrogen-bond acceptors (Lipinski definition) is 5. The normalized spacial score (nSPS) is 10.6. The summed E-state index contributed by atoms with van der Waals surface area (Å²) in [6, 6.07) is 24.2. The van der Waals surface area contributed by atoms with Crippen molar-refractivity contribution >= 4 is 11.8 Å². The van der Waals surface area contributed by atoms with Gasteiger partial charge >= 0.3 is 5.97 Å². The lowest BCUT2D eigenvalue weighted by Gasteiger charge is -2.10. The van der Waals surface area contributed by atoms with Crippen molar-refractivity contribution in [1.82, 2.24) is 14.8 Å². The van der Waals surface area contributed by atoms with Crippen molar-refractivity contribution in [1.29, 1.82) is 0 Å². The number of esters is 1. The second-order valence-electron chi connectivity index (χ2n) is 7.19. The van der Waals surface area contributed by atoms with Crippen LogP contribution in [-0.2, 0) is 4.74 Å². The van der Waals surface area contributed by atoms with Gasteiger partial charge in [0.25, 0.3) is 5.82 Å². The number of carbonyl (C=O) groups is 2. The van der Waals surface area contributed by atoms with Gasteiger partial charge in [0, 0.05) is 11.1 Å². The molecule has 0 atom stereocenters. The Balaban J connectivity index is 1.66. The highest BCUT2D eigenvalue weighted by molar-refractivity contribution is 5.98. The summed E-state index contributed by atoms with van der Waals surface area (Å²) in [5.41, 5.74) is 4.18. The van der Waals surface area contributed by atoms with E-state index in [1.165, 1.54) is 0 Å². The van der Waals surface area contributed by atoms with E-state index in [1.54, 1.807) is 28.9 Å². The van der Waals surface area contributed by atoms with Gasteiger partial charge in [-0.1, -0.05) is 72.8 Å². The summed E-state index contributed by atoms with van der Waals surface area (Å²) in [5.74, 6) is -0.604. The molecule has 0 bridgehead atoms. The lowest BCUT2D eigenvalue weighted by molar-refractivity contribution is 0.0462. The maximum absolute atomic E-state index is 12.6. The lowest BCUT2D eigenvalue weighted by Crippen LogP contribution is -2.15. The Labute approximate surface area is 180 Å². The minimum atomic E-state index is -0.745. The molecule has 0 N–H and O–H groups in total. The van der Waals surface area contributed by atoms with Crippen LogP contribution in [0, 0.1) is 13.8 Å². The Morgan fingerprint density at radius 2 is 1.58 bits per heavy atom. The fraction of sp³-hybridized carbons (Fsp3) is 0.120. The Hall–Kier alpha value is -4.06. The first-order valence-corrected chi connectivity index (χ1v) is 9.88. The Kier molecular flexibility index (Phi) is 5.71. The largest absolute Gasteiger partial charge is 0.451 e. The molecule has 0 amide bonds. The SMILES string of the molecule is Cc1ccc(C)c(-n2nc(C(=O)OCC(=O)c3ccccc3)nc2-c2ccccc2)c1. The van der Waals surface area contributed by atoms with E-state index in [1.807, 2.05) is 68.4 Å². The zero-order valence-electron chi connectivity index (χ0n) is 17.3. The fourth-order valence-corrected chi connectivity index (χ4v) is 3.19. The number of hydrogen-bond donors (Lipinski definition) is 0. The predicted octanol–water partition coefficient (Wildman–Crippen LogP) is 4.59. The number of rotatable bonds is 6. The van der Waals surface area contributed by atoms with E-state index >= 15 is 0 Å². The summed E-state index contributed by atoms with van der Waals surface area (Å²) in [6.07, 6.45) is 0. The minimum absolute atomic E-state index is 0.0966. The maximum Gasteiger partial charge on any atom is 0.378 e. The number of carbonyl (C=O) groups excluding carboxylic acids is 2. The average Bonchev–Trinajstić information content (AvgIpc) is 3.25. The number of ketones is 1. The van der Waals surface area contributed by atoms with Crippen LogP contribution in [0.4, 0.5) is 0 Å². The first-order valence-electron chi connectivity index (χ1n) is 9.88. The number of Topliss-reactive ketones (excluding diaryl/α,β-unsaturated/α-hetero) is 1. The summed E-state index contributed by atoms with van der Waals surface area (Å²) in [7, 11) is 0. The van der Waals surface area contributed by atoms with Gasteiger partial charge in [0.05, 0.1) is 5.69 Å². The highest BCUT2D eigenvalue weighted by atomic mass is 16.5. The highest BCUT2D eigenvalue weighted by Gasteiger charge is 2.21. The quantitative estimate of drug-likeness (QED) is 0.343. The van der Waals surface area contributed by atoms with Gasteiger partial charge in [-0.3, -0.25) is 4.79 Å². The van der Waals surface area contributed by atoms with E-state index in [-0.39, 0.29) is 18.2 Å². The standard InChI is InChI=1S/C25H21N3O3/c1-17-13-14-18(2)21(15-17)28-24(20-11-7-4-8-12-20)26-23(27-28)25(30)31-16-22(29)19-9-5-3-6-10-19/h3-15H,16H2,1-2H3. The molecule has 0 aliphatic heterocycles. The van der Waals surface area contributed by atoms with Gasteiger partial charge < -0.3 is 4.74 Å². The van der Waals surface area contributed by atoms with Gasteiger partial charge in [0.2, 0.25) is 0 Å². The molecule has 4 rings (SSSR count). The van der Waals surface area contributed by atoms with Crippen LogP contribution in [0.5, 0.6) is 0 Å². The molecule has 0 spiro atoms. The van der Waals surface area contributed by atoms with Gasteiger partial charge in [-0.2, -0.15) is 0 Å². The molecule has 31 heavy (non-hydrogen) atoms. The molecule has 0 aliphatic carbocycles. The van der Waals surface area contributed by atoms with E-state index in [9.17, 15) is 9.59 Å². The molecular weight excluding hydrogens is 390 g/mol. The lowest BCUT2D eigenvalue weighted by atomic mass is 10.1. The first-order chi connectivity index (χ1) is 15.0. The topological polar surface area (TPSA) is 74.1 Å². The van der Waals surface area contributed by atoms with Gasteiger partial charge in [-0.25, -0.2) is 14.5 Å². The number of ether oxygens (including phenoxy) is 1. The van der Waals surface area contributed by atoms with Crippen LogP contribution in [0.2, 0.25) is 0 Å². The fourth-order valence-electron chi connectivity index (χ4n) is 3.19. The number of benzene rings is 3. The summed E-state index contributed by atoms with van der Waals surface area (Å²) in [5, 5.41) is 4.43. The third-order valence-electron chi connectivity index (χ3n) is 4.84. The van der Waals surface area contributed by atoms with Gasteiger partial charge in [-0.05, 0) is 31.0 Å². The molecule has 3 aromatic carbocycles. The molecule has 4 aromatic rings. The third-order valence-corrected chi connectivity index (χ3v) is 4.84. The summed E-state index contributed by atoms with van der Waals surface area (Å²) in [4.78, 5) is 29.3. The van der Waals surface area contributed by atoms with Crippen LogP contribution in [0.25, 0.3) is 17.1 Å². The molecule has 0 unspecified atom stereocenters. The predicted molar refractivity (Wildman–Crippen MR) is 117 cm³/mol. The van der Waals surface area contributed by atoms with E-state index in [2.05, 4.69) is 10.1 Å². The van der Waals surface area contributed by atoms with Crippen molar-refractivity contribution in [2.24, 2.45) is 0 Å². The second-order valence-corrected chi connectivity index (χ2v) is 7.19. The van der Waals surface area contributed by atoms with E-state index < -0.39 is 5.97 Å². The summed E-state index contributed by atoms with van der Waals surface area (Å²) >= 11 is 0. The number of aryl methyl sites for hydroxylation is 2. The van der Waals surface area contributed by atoms with Crippen molar-refractivity contribution in [3.05, 3.63) is 101 Å². The molecule has 0 aliphatic rings. The Morgan fingerprint density at radius 3 is 2.29 bits per heavy atom. The number of nitrogens with zero attached hydrogens (tertiary/aromatic N) is 3. The summed E-state index contributed by atoms with van der Waals surface area (Å²) in [6.45, 7) is 3.59. The van der Waals surface area contributed by atoms with Crippen LogP contribution < -0.4 is 0 Å². The molecule has 0 saturated carbocycles. The average molecular weight is 411 g/mol. The van der Waals surface area contributed by atoms with Crippen LogP contribution in [0.3, 0.4) is 0 Å². The summed E-state index contributed by atoms with van der Waals surface area (Å²) < 4.78 is 6.86. The number of aromatic nitrogens is 3. The van der Waals surface area contributed by atoms with Crippen molar-refractivity contribution in [2.45, 2.75) is 13.8 Å². The molecule has 6 nitrogen and oxygen atoms in total. The molecule has 1 heterocycles. The van der Waals surface area contributed by atoms with Gasteiger partial charge in [-0.15, -0.1) is 5.10 Å². The molecule has 6 heteroatoms. The Bertz CT molecular complexity index is 1230. The van der Waals surface area contributed by atoms with Crippen LogP contribution in [-0.4, -0.2) is 33.1 Å². The van der Waals surface area contributed by atoms with Gasteiger partial charge in [0.1, 0.15) is 0 Å². The van der Waals surface area contributed by atoms with Crippen molar-refractivity contribution in [2.75, 3.05) is 6.61 Å². The van der Waals surface area contributed by atoms with E-state index in [4.69, 9.17) is 4.74 Å². The zero-order valence-corrected chi connectivity index (χ0v) is 17.3. The molecule has 1 aromatic heterocycles. The third kappa shape index (κ3) is 4.43.